The fourth-order valence-corrected chi connectivity index (χ4v) is 3.77. The van der Waals surface area contributed by atoms with Crippen LogP contribution in [-0.2, 0) is 14.8 Å². The molecule has 0 atom stereocenters. The highest BCUT2D eigenvalue weighted by Gasteiger charge is 2.22. The topological polar surface area (TPSA) is 66.5 Å². The number of hydrogen-bond donors (Lipinski definition) is 1. The van der Waals surface area contributed by atoms with Gasteiger partial charge in [-0.05, 0) is 30.5 Å². The fourth-order valence-electron chi connectivity index (χ4n) is 2.32. The average Bonchev–Trinajstić information content (AvgIpc) is 2.73. The average molecular weight is 296 g/mol. The summed E-state index contributed by atoms with van der Waals surface area (Å²) in [6.07, 6.45) is 1.41. The van der Waals surface area contributed by atoms with Crippen LogP contribution in [0, 0.1) is 5.92 Å². The fraction of sp³-hybridized carbons (Fsp3) is 0.500. The minimum absolute atomic E-state index is 0.0656. The van der Waals surface area contributed by atoms with Crippen LogP contribution < -0.4 is 9.62 Å². The Morgan fingerprint density at radius 3 is 2.70 bits per heavy atom. The van der Waals surface area contributed by atoms with E-state index in [2.05, 4.69) is 4.72 Å². The second kappa shape index (κ2) is 5.83. The Morgan fingerprint density at radius 2 is 2.10 bits per heavy atom. The van der Waals surface area contributed by atoms with E-state index in [4.69, 9.17) is 0 Å². The van der Waals surface area contributed by atoms with Crippen molar-refractivity contribution in [2.45, 2.75) is 26.7 Å². The minimum Gasteiger partial charge on any atom is -0.312 e. The minimum atomic E-state index is -3.34. The molecule has 1 aliphatic heterocycles. The second-order valence-corrected chi connectivity index (χ2v) is 7.24. The molecule has 0 unspecified atom stereocenters. The molecule has 1 aliphatic rings. The normalized spacial score (nSPS) is 15.9. The number of amides is 1. The van der Waals surface area contributed by atoms with Gasteiger partial charge >= 0.3 is 0 Å². The van der Waals surface area contributed by atoms with Gasteiger partial charge in [0.1, 0.15) is 0 Å². The van der Waals surface area contributed by atoms with Crippen LogP contribution in [-0.4, -0.2) is 26.6 Å². The third kappa shape index (κ3) is 3.72. The largest absolute Gasteiger partial charge is 0.312 e. The summed E-state index contributed by atoms with van der Waals surface area (Å²) in [6, 6.07) is 6.99. The van der Waals surface area contributed by atoms with E-state index in [1.54, 1.807) is 23.1 Å². The van der Waals surface area contributed by atoms with Crippen molar-refractivity contribution in [3.8, 4) is 0 Å². The Morgan fingerprint density at radius 1 is 1.35 bits per heavy atom. The van der Waals surface area contributed by atoms with Gasteiger partial charge in [-0.1, -0.05) is 19.9 Å². The van der Waals surface area contributed by atoms with Gasteiger partial charge in [-0.25, -0.2) is 8.42 Å². The number of nitrogens with zero attached hydrogens (tertiary/aromatic N) is 1. The predicted molar refractivity (Wildman–Crippen MR) is 80.3 cm³/mol. The van der Waals surface area contributed by atoms with E-state index in [9.17, 15) is 13.2 Å². The highest BCUT2D eigenvalue weighted by Crippen LogP contribution is 2.24. The molecule has 0 bridgehead atoms. The highest BCUT2D eigenvalue weighted by molar-refractivity contribution is 7.92. The standard InChI is InChI=1S/C14H20N2O3S/c1-11(2)10-20(18,19)15-12-5-3-6-13(9-12)16-8-4-7-14(16)17/h3,5-6,9,11,15H,4,7-8,10H2,1-2H3. The number of sulfonamides is 1. The molecule has 1 aromatic carbocycles. The van der Waals surface area contributed by atoms with E-state index in [1.165, 1.54) is 0 Å². The van der Waals surface area contributed by atoms with Crippen LogP contribution in [0.15, 0.2) is 24.3 Å². The summed E-state index contributed by atoms with van der Waals surface area (Å²) in [4.78, 5) is 13.4. The van der Waals surface area contributed by atoms with Crippen molar-refractivity contribution in [1.82, 2.24) is 0 Å². The smallest absolute Gasteiger partial charge is 0.232 e. The number of carbonyl (C=O) groups excluding carboxylic acids is 1. The lowest BCUT2D eigenvalue weighted by Crippen LogP contribution is -2.24. The first kappa shape index (κ1) is 14.8. The van der Waals surface area contributed by atoms with Crippen LogP contribution in [0.1, 0.15) is 26.7 Å². The Bertz CT molecular complexity index is 596. The SMILES string of the molecule is CC(C)CS(=O)(=O)Nc1cccc(N2CCCC2=O)c1. The van der Waals surface area contributed by atoms with Gasteiger partial charge in [0.15, 0.2) is 0 Å². The first-order valence-corrected chi connectivity index (χ1v) is 8.43. The third-order valence-corrected chi connectivity index (χ3v) is 4.71. The molecule has 20 heavy (non-hydrogen) atoms. The number of carbonyl (C=O) groups is 1. The number of hydrogen-bond acceptors (Lipinski definition) is 3. The number of anilines is 2. The Kier molecular flexibility index (Phi) is 4.32. The zero-order valence-corrected chi connectivity index (χ0v) is 12.6. The van der Waals surface area contributed by atoms with Gasteiger partial charge in [-0.3, -0.25) is 9.52 Å². The van der Waals surface area contributed by atoms with Crippen LogP contribution in [0.5, 0.6) is 0 Å². The summed E-state index contributed by atoms with van der Waals surface area (Å²) in [5, 5.41) is 0. The maximum absolute atomic E-state index is 11.9. The number of rotatable bonds is 5. The molecule has 0 aromatic heterocycles. The second-order valence-electron chi connectivity index (χ2n) is 5.48. The first-order chi connectivity index (χ1) is 9.37. The molecule has 1 N–H and O–H groups in total. The van der Waals surface area contributed by atoms with Crippen molar-refractivity contribution in [3.05, 3.63) is 24.3 Å². The Labute approximate surface area is 120 Å². The van der Waals surface area contributed by atoms with Crippen molar-refractivity contribution in [1.29, 1.82) is 0 Å². The van der Waals surface area contributed by atoms with Gasteiger partial charge in [-0.2, -0.15) is 0 Å². The van der Waals surface area contributed by atoms with E-state index < -0.39 is 10.0 Å². The molecule has 110 valence electrons. The lowest BCUT2D eigenvalue weighted by Gasteiger charge is -2.17. The number of benzene rings is 1. The Hall–Kier alpha value is -1.56. The van der Waals surface area contributed by atoms with E-state index in [1.807, 2.05) is 19.9 Å². The monoisotopic (exact) mass is 296 g/mol. The van der Waals surface area contributed by atoms with Gasteiger partial charge in [0.2, 0.25) is 15.9 Å². The maximum Gasteiger partial charge on any atom is 0.232 e. The summed E-state index contributed by atoms with van der Waals surface area (Å²) >= 11 is 0. The van der Waals surface area contributed by atoms with Gasteiger partial charge in [0.05, 0.1) is 11.4 Å². The molecule has 6 heteroatoms. The molecule has 1 aromatic rings. The van der Waals surface area contributed by atoms with Crippen molar-refractivity contribution in [2.24, 2.45) is 5.92 Å². The maximum atomic E-state index is 11.9. The Balaban J connectivity index is 2.16. The van der Waals surface area contributed by atoms with Crippen molar-refractivity contribution < 1.29 is 13.2 Å². The third-order valence-electron chi connectivity index (χ3n) is 3.06. The van der Waals surface area contributed by atoms with E-state index >= 15 is 0 Å². The molecular weight excluding hydrogens is 276 g/mol. The molecule has 1 saturated heterocycles. The molecule has 0 aliphatic carbocycles. The summed E-state index contributed by atoms with van der Waals surface area (Å²) in [7, 11) is -3.34. The van der Waals surface area contributed by atoms with Crippen molar-refractivity contribution >= 4 is 27.3 Å². The van der Waals surface area contributed by atoms with Gasteiger partial charge < -0.3 is 4.90 Å². The lowest BCUT2D eigenvalue weighted by atomic mass is 10.2. The summed E-state index contributed by atoms with van der Waals surface area (Å²) in [6.45, 7) is 4.41. The molecule has 2 rings (SSSR count). The van der Waals surface area contributed by atoms with Crippen LogP contribution in [0.25, 0.3) is 0 Å². The van der Waals surface area contributed by atoms with Crippen LogP contribution in [0.3, 0.4) is 0 Å². The van der Waals surface area contributed by atoms with Crippen LogP contribution in [0.2, 0.25) is 0 Å². The summed E-state index contributed by atoms with van der Waals surface area (Å²) in [5.41, 5.74) is 1.25. The van der Waals surface area contributed by atoms with Crippen molar-refractivity contribution in [2.75, 3.05) is 21.9 Å². The van der Waals surface area contributed by atoms with E-state index in [0.717, 1.165) is 12.1 Å². The molecular formula is C14H20N2O3S. The molecule has 5 nitrogen and oxygen atoms in total. The van der Waals surface area contributed by atoms with Gasteiger partial charge in [-0.15, -0.1) is 0 Å². The van der Waals surface area contributed by atoms with E-state index in [-0.39, 0.29) is 17.6 Å². The number of nitrogens with one attached hydrogen (secondary N) is 1. The van der Waals surface area contributed by atoms with Crippen molar-refractivity contribution in [3.63, 3.8) is 0 Å². The van der Waals surface area contributed by atoms with Gasteiger partial charge in [0.25, 0.3) is 0 Å². The predicted octanol–water partition coefficient (Wildman–Crippen LogP) is 2.21. The van der Waals surface area contributed by atoms with E-state index in [0.29, 0.717) is 18.7 Å². The quantitative estimate of drug-likeness (QED) is 0.906. The van der Waals surface area contributed by atoms with Crippen LogP contribution >= 0.6 is 0 Å². The summed E-state index contributed by atoms with van der Waals surface area (Å²) < 4.78 is 26.4. The summed E-state index contributed by atoms with van der Waals surface area (Å²) in [5.74, 6) is 0.239. The molecule has 1 amide bonds. The first-order valence-electron chi connectivity index (χ1n) is 6.78. The van der Waals surface area contributed by atoms with Crippen LogP contribution in [0.4, 0.5) is 11.4 Å². The zero-order valence-electron chi connectivity index (χ0n) is 11.8. The molecule has 1 fully saturated rings. The zero-order chi connectivity index (χ0) is 14.8. The molecule has 0 radical (unpaired) electrons. The van der Waals surface area contributed by atoms with Gasteiger partial charge in [0, 0.05) is 18.7 Å². The molecule has 0 spiro atoms. The highest BCUT2D eigenvalue weighted by atomic mass is 32.2. The molecule has 1 heterocycles. The molecule has 0 saturated carbocycles. The lowest BCUT2D eigenvalue weighted by molar-refractivity contribution is -0.117.